The molecule has 1 aromatic heterocycles. The monoisotopic (exact) mass is 542 g/mol. The van der Waals surface area contributed by atoms with Gasteiger partial charge >= 0.3 is 0 Å². The molecule has 1 unspecified atom stereocenters. The molecule has 1 aliphatic rings. The first-order chi connectivity index (χ1) is 18.9. The van der Waals surface area contributed by atoms with Gasteiger partial charge in [0.2, 0.25) is 0 Å². The van der Waals surface area contributed by atoms with Crippen molar-refractivity contribution in [2.45, 2.75) is 19.9 Å². The Morgan fingerprint density at radius 3 is 2.54 bits per heavy atom. The van der Waals surface area contributed by atoms with Gasteiger partial charge in [-0.15, -0.1) is 0 Å². The number of carbonyl (C=O) groups is 2. The SMILES string of the molecule is CCOc1ccc2nc(N3C(=O)C(O)=C(C(=O)C=Cc4ccccc4)C3c3ccc(O)c(OCC)c3)sc2c1. The molecule has 0 spiro atoms. The highest BCUT2D eigenvalue weighted by atomic mass is 32.1. The van der Waals surface area contributed by atoms with Crippen molar-refractivity contribution in [1.82, 2.24) is 4.98 Å². The molecule has 0 saturated heterocycles. The molecule has 4 aromatic rings. The van der Waals surface area contributed by atoms with Crippen LogP contribution in [0.5, 0.6) is 17.2 Å². The fourth-order valence-electron chi connectivity index (χ4n) is 4.42. The van der Waals surface area contributed by atoms with Crippen molar-refractivity contribution in [1.29, 1.82) is 0 Å². The Labute approximate surface area is 229 Å². The van der Waals surface area contributed by atoms with Gasteiger partial charge in [0.25, 0.3) is 5.91 Å². The van der Waals surface area contributed by atoms with Gasteiger partial charge in [-0.2, -0.15) is 0 Å². The number of aromatic nitrogens is 1. The Morgan fingerprint density at radius 2 is 1.79 bits per heavy atom. The van der Waals surface area contributed by atoms with E-state index in [-0.39, 0.29) is 17.1 Å². The van der Waals surface area contributed by atoms with Gasteiger partial charge in [0.1, 0.15) is 5.75 Å². The highest BCUT2D eigenvalue weighted by Gasteiger charge is 2.45. The lowest BCUT2D eigenvalue weighted by Crippen LogP contribution is -2.30. The van der Waals surface area contributed by atoms with E-state index >= 15 is 0 Å². The molecule has 2 N–H and O–H groups in total. The van der Waals surface area contributed by atoms with Gasteiger partial charge in [-0.3, -0.25) is 14.5 Å². The second-order valence-corrected chi connectivity index (χ2v) is 9.68. The fraction of sp³-hybridized carbons (Fsp3) is 0.167. The fourth-order valence-corrected chi connectivity index (χ4v) is 5.44. The first-order valence-corrected chi connectivity index (χ1v) is 13.3. The molecule has 0 saturated carbocycles. The van der Waals surface area contributed by atoms with Crippen LogP contribution in [0.1, 0.15) is 31.0 Å². The summed E-state index contributed by atoms with van der Waals surface area (Å²) in [7, 11) is 0. The number of fused-ring (bicyclic) bond motifs is 1. The average Bonchev–Trinajstić information content (AvgIpc) is 3.47. The third-order valence-electron chi connectivity index (χ3n) is 6.17. The van der Waals surface area contributed by atoms with Crippen molar-refractivity contribution in [3.8, 4) is 17.2 Å². The second-order valence-electron chi connectivity index (χ2n) is 8.67. The summed E-state index contributed by atoms with van der Waals surface area (Å²) in [6.45, 7) is 4.48. The third-order valence-corrected chi connectivity index (χ3v) is 7.18. The molecule has 198 valence electrons. The van der Waals surface area contributed by atoms with Crippen LogP contribution in [-0.4, -0.2) is 40.1 Å². The number of carbonyl (C=O) groups excluding carboxylic acids is 2. The summed E-state index contributed by atoms with van der Waals surface area (Å²) < 4.78 is 11.9. The minimum atomic E-state index is -1.00. The van der Waals surface area contributed by atoms with Crippen molar-refractivity contribution in [2.75, 3.05) is 18.1 Å². The number of hydrogen-bond donors (Lipinski definition) is 2. The summed E-state index contributed by atoms with van der Waals surface area (Å²) in [5.74, 6) is -1.12. The van der Waals surface area contributed by atoms with Gasteiger partial charge in [-0.1, -0.05) is 53.8 Å². The molecular formula is C30H26N2O6S. The summed E-state index contributed by atoms with van der Waals surface area (Å²) >= 11 is 1.25. The van der Waals surface area contributed by atoms with E-state index in [0.29, 0.717) is 35.2 Å². The number of phenols is 1. The van der Waals surface area contributed by atoms with Crippen molar-refractivity contribution in [2.24, 2.45) is 0 Å². The van der Waals surface area contributed by atoms with Gasteiger partial charge in [0.05, 0.1) is 35.0 Å². The van der Waals surface area contributed by atoms with E-state index in [1.165, 1.54) is 28.4 Å². The molecular weight excluding hydrogens is 516 g/mol. The zero-order valence-electron chi connectivity index (χ0n) is 21.3. The van der Waals surface area contributed by atoms with Crippen LogP contribution in [0, 0.1) is 0 Å². The van der Waals surface area contributed by atoms with Gasteiger partial charge in [0, 0.05) is 0 Å². The van der Waals surface area contributed by atoms with Crippen LogP contribution in [-0.2, 0) is 9.59 Å². The molecule has 0 radical (unpaired) electrons. The molecule has 2 heterocycles. The molecule has 5 rings (SSSR count). The number of phenolic OH excluding ortho intramolecular Hbond substituents is 1. The first kappa shape index (κ1) is 26.0. The number of allylic oxidation sites excluding steroid dienone is 1. The van der Waals surface area contributed by atoms with Crippen LogP contribution in [0.15, 0.2) is 84.1 Å². The largest absolute Gasteiger partial charge is 0.504 e. The van der Waals surface area contributed by atoms with Crippen molar-refractivity contribution >= 4 is 44.5 Å². The Bertz CT molecular complexity index is 1610. The third kappa shape index (κ3) is 5.08. The highest BCUT2D eigenvalue weighted by molar-refractivity contribution is 7.22. The number of aliphatic hydroxyl groups is 1. The number of benzene rings is 3. The standard InChI is InChI=1S/C30H26N2O6S/c1-3-37-20-12-13-21-25(17-20)39-30(31-21)32-27(19-11-15-22(33)24(16-19)38-4-2)26(28(35)29(32)36)23(34)14-10-18-8-6-5-7-9-18/h5-17,27,33,35H,3-4H2,1-2H3. The van der Waals surface area contributed by atoms with Crippen molar-refractivity contribution in [3.63, 3.8) is 0 Å². The predicted octanol–water partition coefficient (Wildman–Crippen LogP) is 5.98. The number of thiazole rings is 1. The molecule has 8 nitrogen and oxygen atoms in total. The highest BCUT2D eigenvalue weighted by Crippen LogP contribution is 2.45. The van der Waals surface area contributed by atoms with E-state index in [2.05, 4.69) is 4.98 Å². The van der Waals surface area contributed by atoms with Crippen LogP contribution >= 0.6 is 11.3 Å². The molecule has 9 heteroatoms. The Morgan fingerprint density at radius 1 is 1.03 bits per heavy atom. The maximum atomic E-state index is 13.5. The zero-order chi connectivity index (χ0) is 27.5. The second kappa shape index (κ2) is 11.0. The molecule has 0 bridgehead atoms. The smallest absolute Gasteiger partial charge is 0.296 e. The lowest BCUT2D eigenvalue weighted by molar-refractivity contribution is -0.117. The molecule has 0 fully saturated rings. The summed E-state index contributed by atoms with van der Waals surface area (Å²) in [6.07, 6.45) is 2.96. The first-order valence-electron chi connectivity index (χ1n) is 12.4. The minimum Gasteiger partial charge on any atom is -0.504 e. The minimum absolute atomic E-state index is 0.0787. The van der Waals surface area contributed by atoms with E-state index in [4.69, 9.17) is 9.47 Å². The molecule has 1 amide bonds. The lowest BCUT2D eigenvalue weighted by atomic mass is 9.95. The van der Waals surface area contributed by atoms with E-state index in [9.17, 15) is 19.8 Å². The number of ether oxygens (including phenoxy) is 2. The lowest BCUT2D eigenvalue weighted by Gasteiger charge is -2.24. The molecule has 3 aromatic carbocycles. The molecule has 1 aliphatic heterocycles. The molecule has 39 heavy (non-hydrogen) atoms. The van der Waals surface area contributed by atoms with Gasteiger partial charge < -0.3 is 19.7 Å². The predicted molar refractivity (Wildman–Crippen MR) is 150 cm³/mol. The van der Waals surface area contributed by atoms with Crippen LogP contribution in [0.2, 0.25) is 0 Å². The number of aliphatic hydroxyl groups excluding tert-OH is 1. The van der Waals surface area contributed by atoms with Crippen LogP contribution in [0.25, 0.3) is 16.3 Å². The summed E-state index contributed by atoms with van der Waals surface area (Å²) in [5, 5.41) is 21.6. The number of rotatable bonds is 9. The number of amides is 1. The Balaban J connectivity index is 1.61. The van der Waals surface area contributed by atoms with Crippen LogP contribution in [0.4, 0.5) is 5.13 Å². The van der Waals surface area contributed by atoms with Gasteiger partial charge in [-0.25, -0.2) is 4.98 Å². The number of anilines is 1. The maximum Gasteiger partial charge on any atom is 0.296 e. The number of nitrogens with zero attached hydrogens (tertiary/aromatic N) is 2. The number of hydrogen-bond acceptors (Lipinski definition) is 8. The van der Waals surface area contributed by atoms with Crippen molar-refractivity contribution < 1.29 is 29.3 Å². The zero-order valence-corrected chi connectivity index (χ0v) is 22.1. The van der Waals surface area contributed by atoms with E-state index in [1.54, 1.807) is 37.3 Å². The summed E-state index contributed by atoms with van der Waals surface area (Å²) in [4.78, 5) is 33.0. The average molecular weight is 543 g/mol. The van der Waals surface area contributed by atoms with E-state index < -0.39 is 23.5 Å². The van der Waals surface area contributed by atoms with Crippen LogP contribution < -0.4 is 14.4 Å². The maximum absolute atomic E-state index is 13.5. The van der Waals surface area contributed by atoms with E-state index in [0.717, 1.165) is 10.3 Å². The van der Waals surface area contributed by atoms with E-state index in [1.807, 2.05) is 43.3 Å². The topological polar surface area (TPSA) is 109 Å². The van der Waals surface area contributed by atoms with Crippen molar-refractivity contribution in [3.05, 3.63) is 95.3 Å². The Kier molecular flexibility index (Phi) is 7.33. The number of aromatic hydroxyl groups is 1. The number of ketones is 1. The van der Waals surface area contributed by atoms with Gasteiger partial charge in [-0.05, 0) is 61.4 Å². The van der Waals surface area contributed by atoms with Crippen LogP contribution in [0.3, 0.4) is 0 Å². The normalized spacial score (nSPS) is 15.5. The Hall–Kier alpha value is -4.63. The molecule has 0 aliphatic carbocycles. The van der Waals surface area contributed by atoms with Gasteiger partial charge in [0.15, 0.2) is 28.2 Å². The molecule has 1 atom stereocenters. The summed E-state index contributed by atoms with van der Waals surface area (Å²) in [5.41, 5.74) is 1.83. The summed E-state index contributed by atoms with van der Waals surface area (Å²) in [6, 6.07) is 18.3. The quantitative estimate of drug-likeness (QED) is 0.250.